The third kappa shape index (κ3) is 4.41. The SMILES string of the molecule is C#Cc1cc(Br)c(C(=O)c2c3ccccc3c(-c3c(C)cc(C(C)(C)C)cc3C)c3ccccc23)c(Br)c1. The van der Waals surface area contributed by atoms with Gasteiger partial charge in [0.1, 0.15) is 0 Å². The molecule has 0 saturated heterocycles. The molecule has 188 valence electrons. The molecular weight excluding hydrogens is 596 g/mol. The molecule has 0 aliphatic heterocycles. The summed E-state index contributed by atoms with van der Waals surface area (Å²) in [7, 11) is 0. The first-order chi connectivity index (χ1) is 18.0. The Hall–Kier alpha value is -3.19. The Bertz CT molecular complexity index is 1710. The Kier molecular flexibility index (Phi) is 6.84. The van der Waals surface area contributed by atoms with Gasteiger partial charge in [-0.2, -0.15) is 0 Å². The number of carbonyl (C=O) groups excluding carboxylic acids is 1. The second-order valence-electron chi connectivity index (χ2n) is 10.9. The summed E-state index contributed by atoms with van der Waals surface area (Å²) in [6.07, 6.45) is 5.63. The first-order valence-corrected chi connectivity index (χ1v) is 14.2. The van der Waals surface area contributed by atoms with Crippen molar-refractivity contribution in [2.45, 2.75) is 40.0 Å². The summed E-state index contributed by atoms with van der Waals surface area (Å²) < 4.78 is 1.35. The average Bonchev–Trinajstić information content (AvgIpc) is 2.86. The summed E-state index contributed by atoms with van der Waals surface area (Å²) in [5, 5.41) is 4.00. The van der Waals surface area contributed by atoms with Crippen LogP contribution in [0.15, 0.2) is 81.7 Å². The smallest absolute Gasteiger partial charge is 0.196 e. The molecule has 0 atom stereocenters. The zero-order valence-corrected chi connectivity index (χ0v) is 25.3. The molecule has 0 aliphatic carbocycles. The van der Waals surface area contributed by atoms with Gasteiger partial charge in [0.05, 0.1) is 5.56 Å². The van der Waals surface area contributed by atoms with E-state index in [2.05, 4.69) is 121 Å². The zero-order chi connectivity index (χ0) is 27.4. The maximum atomic E-state index is 14.3. The third-order valence-electron chi connectivity index (χ3n) is 7.24. The fraction of sp³-hybridized carbons (Fsp3) is 0.171. The molecule has 0 aliphatic rings. The lowest BCUT2D eigenvalue weighted by Crippen LogP contribution is -2.12. The molecular formula is C35H28Br2O. The van der Waals surface area contributed by atoms with E-state index in [0.29, 0.717) is 25.6 Å². The van der Waals surface area contributed by atoms with Crippen molar-refractivity contribution in [3.63, 3.8) is 0 Å². The van der Waals surface area contributed by atoms with Gasteiger partial charge in [-0.25, -0.2) is 0 Å². The van der Waals surface area contributed by atoms with Gasteiger partial charge in [0, 0.05) is 20.1 Å². The molecule has 0 aromatic heterocycles. The lowest BCUT2D eigenvalue weighted by atomic mass is 9.80. The van der Waals surface area contributed by atoms with E-state index < -0.39 is 0 Å². The number of hydrogen-bond donors (Lipinski definition) is 0. The van der Waals surface area contributed by atoms with Crippen molar-refractivity contribution >= 4 is 59.2 Å². The average molecular weight is 624 g/mol. The quantitative estimate of drug-likeness (QED) is 0.111. The van der Waals surface area contributed by atoms with Crippen LogP contribution in [-0.4, -0.2) is 5.78 Å². The van der Waals surface area contributed by atoms with Crippen LogP contribution in [0.5, 0.6) is 0 Å². The number of carbonyl (C=O) groups is 1. The number of halogens is 2. The molecule has 5 rings (SSSR count). The van der Waals surface area contributed by atoms with Gasteiger partial charge in [0.15, 0.2) is 5.78 Å². The second kappa shape index (κ2) is 9.84. The normalized spacial score (nSPS) is 11.6. The number of terminal acetylenes is 1. The topological polar surface area (TPSA) is 17.1 Å². The van der Waals surface area contributed by atoms with Crippen molar-refractivity contribution in [3.8, 4) is 23.5 Å². The minimum absolute atomic E-state index is 0.0530. The number of fused-ring (bicyclic) bond motifs is 2. The molecule has 0 radical (unpaired) electrons. The Morgan fingerprint density at radius 1 is 0.711 bits per heavy atom. The third-order valence-corrected chi connectivity index (χ3v) is 8.49. The molecule has 3 heteroatoms. The highest BCUT2D eigenvalue weighted by molar-refractivity contribution is 9.11. The minimum atomic E-state index is -0.0530. The van der Waals surface area contributed by atoms with Crippen LogP contribution in [0.3, 0.4) is 0 Å². The maximum absolute atomic E-state index is 14.3. The van der Waals surface area contributed by atoms with Crippen LogP contribution in [0.1, 0.15) is 58.9 Å². The molecule has 38 heavy (non-hydrogen) atoms. The van der Waals surface area contributed by atoms with Gasteiger partial charge in [-0.15, -0.1) is 6.42 Å². The summed E-state index contributed by atoms with van der Waals surface area (Å²) in [6.45, 7) is 11.1. The summed E-state index contributed by atoms with van der Waals surface area (Å²) >= 11 is 7.22. The Morgan fingerprint density at radius 3 is 1.58 bits per heavy atom. The van der Waals surface area contributed by atoms with Gasteiger partial charge in [0.25, 0.3) is 0 Å². The lowest BCUT2D eigenvalue weighted by molar-refractivity contribution is 0.104. The van der Waals surface area contributed by atoms with Crippen LogP contribution in [0.4, 0.5) is 0 Å². The van der Waals surface area contributed by atoms with Gasteiger partial charge in [-0.1, -0.05) is 87.4 Å². The summed E-state index contributed by atoms with van der Waals surface area (Å²) in [6, 6.07) is 24.8. The van der Waals surface area contributed by atoms with Crippen LogP contribution in [0, 0.1) is 26.2 Å². The van der Waals surface area contributed by atoms with Gasteiger partial charge in [0.2, 0.25) is 0 Å². The number of hydrogen-bond acceptors (Lipinski definition) is 1. The first kappa shape index (κ1) is 26.4. The largest absolute Gasteiger partial charge is 0.288 e. The predicted molar refractivity (Wildman–Crippen MR) is 168 cm³/mol. The minimum Gasteiger partial charge on any atom is -0.288 e. The zero-order valence-electron chi connectivity index (χ0n) is 22.2. The summed E-state index contributed by atoms with van der Waals surface area (Å²) in [5.41, 5.74) is 8.21. The van der Waals surface area contributed by atoms with Crippen molar-refractivity contribution in [1.82, 2.24) is 0 Å². The molecule has 0 fully saturated rings. The van der Waals surface area contributed by atoms with E-state index in [-0.39, 0.29) is 11.2 Å². The van der Waals surface area contributed by atoms with E-state index in [1.54, 1.807) is 0 Å². The molecule has 1 nitrogen and oxygen atoms in total. The van der Waals surface area contributed by atoms with Crippen molar-refractivity contribution in [3.05, 3.63) is 115 Å². The Morgan fingerprint density at radius 2 is 1.16 bits per heavy atom. The molecule has 0 saturated carbocycles. The molecule has 0 bridgehead atoms. The van der Waals surface area contributed by atoms with Crippen LogP contribution in [-0.2, 0) is 5.41 Å². The van der Waals surface area contributed by atoms with Crippen molar-refractivity contribution < 1.29 is 4.79 Å². The van der Waals surface area contributed by atoms with E-state index >= 15 is 0 Å². The summed E-state index contributed by atoms with van der Waals surface area (Å²) in [5.74, 6) is 2.60. The van der Waals surface area contributed by atoms with E-state index in [1.807, 2.05) is 24.3 Å². The molecule has 0 spiro atoms. The van der Waals surface area contributed by atoms with Crippen LogP contribution < -0.4 is 0 Å². The number of aryl methyl sites for hydroxylation is 2. The lowest BCUT2D eigenvalue weighted by Gasteiger charge is -2.24. The standard InChI is InChI=1S/C35H28Br2O/c1-7-22-18-28(36)33(29(37)19-22)34(38)32-26-14-10-8-12-24(26)31(25-13-9-11-15-27(25)32)30-20(2)16-23(17-21(30)3)35(4,5)6/h1,8-19H,2-6H3. The monoisotopic (exact) mass is 622 g/mol. The maximum Gasteiger partial charge on any atom is 0.196 e. The molecule has 5 aromatic rings. The summed E-state index contributed by atoms with van der Waals surface area (Å²) in [4.78, 5) is 14.3. The van der Waals surface area contributed by atoms with E-state index in [1.165, 1.54) is 27.8 Å². The van der Waals surface area contributed by atoms with Gasteiger partial charge < -0.3 is 0 Å². The van der Waals surface area contributed by atoms with Crippen molar-refractivity contribution in [2.24, 2.45) is 0 Å². The van der Waals surface area contributed by atoms with Gasteiger partial charge in [-0.3, -0.25) is 4.79 Å². The highest BCUT2D eigenvalue weighted by Crippen LogP contribution is 2.44. The highest BCUT2D eigenvalue weighted by atomic mass is 79.9. The van der Waals surface area contributed by atoms with E-state index in [9.17, 15) is 4.79 Å². The van der Waals surface area contributed by atoms with Crippen LogP contribution in [0.25, 0.3) is 32.7 Å². The molecule has 0 unspecified atom stereocenters. The van der Waals surface area contributed by atoms with Crippen molar-refractivity contribution in [1.29, 1.82) is 0 Å². The fourth-order valence-electron chi connectivity index (χ4n) is 5.43. The fourth-order valence-corrected chi connectivity index (χ4v) is 6.98. The molecule has 0 N–H and O–H groups in total. The predicted octanol–water partition coefficient (Wildman–Crippen LogP) is 10.3. The van der Waals surface area contributed by atoms with Gasteiger partial charge in [-0.05, 0) is 113 Å². The number of ketones is 1. The van der Waals surface area contributed by atoms with Crippen LogP contribution >= 0.6 is 31.9 Å². The Balaban J connectivity index is 1.89. The van der Waals surface area contributed by atoms with Gasteiger partial charge >= 0.3 is 0 Å². The number of benzene rings is 5. The van der Waals surface area contributed by atoms with E-state index in [4.69, 9.17) is 6.42 Å². The number of rotatable bonds is 3. The molecule has 5 aromatic carbocycles. The van der Waals surface area contributed by atoms with Crippen LogP contribution in [0.2, 0.25) is 0 Å². The highest BCUT2D eigenvalue weighted by Gasteiger charge is 2.25. The molecule has 0 amide bonds. The first-order valence-electron chi connectivity index (χ1n) is 12.6. The Labute approximate surface area is 241 Å². The van der Waals surface area contributed by atoms with E-state index in [0.717, 1.165) is 21.5 Å². The molecule has 0 heterocycles. The second-order valence-corrected chi connectivity index (χ2v) is 12.6. The van der Waals surface area contributed by atoms with Crippen molar-refractivity contribution in [2.75, 3.05) is 0 Å².